The van der Waals surface area contributed by atoms with E-state index in [-0.39, 0.29) is 10.7 Å². The first-order valence-corrected chi connectivity index (χ1v) is 8.92. The van der Waals surface area contributed by atoms with Gasteiger partial charge in [0.15, 0.2) is 0 Å². The van der Waals surface area contributed by atoms with Crippen molar-refractivity contribution in [2.75, 3.05) is 4.72 Å². The highest BCUT2D eigenvalue weighted by atomic mass is 32.2. The van der Waals surface area contributed by atoms with E-state index in [0.29, 0.717) is 6.20 Å². The Labute approximate surface area is 137 Å². The summed E-state index contributed by atoms with van der Waals surface area (Å²) in [6.45, 7) is 0. The number of hydrogen-bond donors (Lipinski definition) is 1. The molecule has 24 heavy (non-hydrogen) atoms. The lowest BCUT2D eigenvalue weighted by atomic mass is 9.92. The molecular formula is C16H15F3N2O2S. The van der Waals surface area contributed by atoms with Crippen molar-refractivity contribution in [2.45, 2.75) is 36.8 Å². The molecule has 1 heterocycles. The van der Waals surface area contributed by atoms with Gasteiger partial charge in [-0.25, -0.2) is 13.4 Å². The van der Waals surface area contributed by atoms with Crippen LogP contribution in [0.2, 0.25) is 0 Å². The summed E-state index contributed by atoms with van der Waals surface area (Å²) in [6, 6.07) is 6.72. The minimum atomic E-state index is -4.51. The number of nitrogens with one attached hydrogen (secondary N) is 1. The largest absolute Gasteiger partial charge is 0.417 e. The monoisotopic (exact) mass is 356 g/mol. The van der Waals surface area contributed by atoms with Crippen LogP contribution >= 0.6 is 0 Å². The Hall–Kier alpha value is -2.09. The Balaban J connectivity index is 1.83. The number of anilines is 1. The van der Waals surface area contributed by atoms with Crippen molar-refractivity contribution >= 4 is 15.8 Å². The topological polar surface area (TPSA) is 59.1 Å². The van der Waals surface area contributed by atoms with E-state index in [2.05, 4.69) is 9.71 Å². The summed E-state index contributed by atoms with van der Waals surface area (Å²) in [7, 11) is -3.89. The van der Waals surface area contributed by atoms with Crippen LogP contribution in [0.1, 0.15) is 29.5 Å². The number of benzene rings is 1. The zero-order valence-corrected chi connectivity index (χ0v) is 13.4. The van der Waals surface area contributed by atoms with Crippen molar-refractivity contribution in [3.63, 3.8) is 0 Å². The van der Waals surface area contributed by atoms with Gasteiger partial charge in [-0.1, -0.05) is 6.07 Å². The molecule has 0 aliphatic heterocycles. The summed E-state index contributed by atoms with van der Waals surface area (Å²) in [5.74, 6) is -0.152. The SMILES string of the molecule is O=S(=O)(Nc1ccc(C(F)(F)F)cn1)c1ccc2c(c1)CCCC2. The number of nitrogens with zero attached hydrogens (tertiary/aromatic N) is 1. The van der Waals surface area contributed by atoms with Crippen molar-refractivity contribution in [3.05, 3.63) is 53.2 Å². The van der Waals surface area contributed by atoms with Crippen LogP contribution in [-0.2, 0) is 29.0 Å². The predicted octanol–water partition coefficient (Wildman–Crippen LogP) is 3.78. The molecule has 128 valence electrons. The standard InChI is InChI=1S/C16H15F3N2O2S/c17-16(18,19)13-6-8-15(20-10-13)21-24(22,23)14-7-5-11-3-1-2-4-12(11)9-14/h5-10H,1-4H2,(H,20,21). The molecule has 0 amide bonds. The van der Waals surface area contributed by atoms with Gasteiger partial charge in [0.05, 0.1) is 10.5 Å². The number of aryl methyl sites for hydroxylation is 2. The fourth-order valence-corrected chi connectivity index (χ4v) is 3.75. The summed E-state index contributed by atoms with van der Waals surface area (Å²) in [4.78, 5) is 3.62. The van der Waals surface area contributed by atoms with Gasteiger partial charge in [-0.3, -0.25) is 4.72 Å². The highest BCUT2D eigenvalue weighted by Crippen LogP contribution is 2.29. The maximum atomic E-state index is 12.5. The molecule has 0 spiro atoms. The van der Waals surface area contributed by atoms with Crippen LogP contribution in [0.4, 0.5) is 19.0 Å². The molecule has 0 atom stereocenters. The molecule has 0 bridgehead atoms. The van der Waals surface area contributed by atoms with Crippen LogP contribution in [0.25, 0.3) is 0 Å². The van der Waals surface area contributed by atoms with E-state index in [1.807, 2.05) is 0 Å². The van der Waals surface area contributed by atoms with E-state index in [0.717, 1.165) is 48.9 Å². The number of hydrogen-bond acceptors (Lipinski definition) is 3. The lowest BCUT2D eigenvalue weighted by Crippen LogP contribution is -2.15. The zero-order valence-electron chi connectivity index (χ0n) is 12.6. The second-order valence-corrected chi connectivity index (χ2v) is 7.36. The van der Waals surface area contributed by atoms with Gasteiger partial charge in [0.25, 0.3) is 10.0 Å². The van der Waals surface area contributed by atoms with Gasteiger partial charge >= 0.3 is 6.18 Å². The molecule has 0 radical (unpaired) electrons. The van der Waals surface area contributed by atoms with Crippen LogP contribution in [0.3, 0.4) is 0 Å². The third-order valence-corrected chi connectivity index (χ3v) is 5.31. The number of pyridine rings is 1. The Morgan fingerprint density at radius 2 is 1.71 bits per heavy atom. The molecule has 1 aromatic heterocycles. The Morgan fingerprint density at radius 3 is 2.33 bits per heavy atom. The first-order valence-electron chi connectivity index (χ1n) is 7.43. The number of halogens is 3. The van der Waals surface area contributed by atoms with Gasteiger partial charge in [-0.2, -0.15) is 13.2 Å². The molecule has 2 aromatic rings. The van der Waals surface area contributed by atoms with Gasteiger partial charge in [-0.15, -0.1) is 0 Å². The first-order chi connectivity index (χ1) is 11.3. The molecular weight excluding hydrogens is 341 g/mol. The molecule has 1 aromatic carbocycles. The van der Waals surface area contributed by atoms with E-state index in [4.69, 9.17) is 0 Å². The third kappa shape index (κ3) is 3.53. The predicted molar refractivity (Wildman–Crippen MR) is 83.1 cm³/mol. The van der Waals surface area contributed by atoms with E-state index in [9.17, 15) is 21.6 Å². The molecule has 0 saturated carbocycles. The van der Waals surface area contributed by atoms with Gasteiger partial charge in [-0.05, 0) is 61.1 Å². The average molecular weight is 356 g/mol. The van der Waals surface area contributed by atoms with Gasteiger partial charge in [0, 0.05) is 6.20 Å². The van der Waals surface area contributed by atoms with E-state index in [1.54, 1.807) is 12.1 Å². The number of alkyl halides is 3. The van der Waals surface area contributed by atoms with Crippen LogP contribution in [-0.4, -0.2) is 13.4 Å². The fraction of sp³-hybridized carbons (Fsp3) is 0.312. The van der Waals surface area contributed by atoms with Crippen LogP contribution in [0, 0.1) is 0 Å². The second-order valence-electron chi connectivity index (χ2n) is 5.67. The molecule has 8 heteroatoms. The van der Waals surface area contributed by atoms with E-state index < -0.39 is 21.8 Å². The van der Waals surface area contributed by atoms with Crippen molar-refractivity contribution in [1.29, 1.82) is 0 Å². The quantitative estimate of drug-likeness (QED) is 0.910. The maximum absolute atomic E-state index is 12.5. The zero-order chi connectivity index (χ0) is 17.4. The average Bonchev–Trinajstić information content (AvgIpc) is 2.53. The summed E-state index contributed by atoms with van der Waals surface area (Å²) in [5.41, 5.74) is 1.22. The van der Waals surface area contributed by atoms with Crippen molar-refractivity contribution in [2.24, 2.45) is 0 Å². The number of fused-ring (bicyclic) bond motifs is 1. The molecule has 3 rings (SSSR count). The summed E-state index contributed by atoms with van der Waals surface area (Å²) < 4.78 is 64.5. The molecule has 1 N–H and O–H groups in total. The van der Waals surface area contributed by atoms with E-state index in [1.165, 1.54) is 6.07 Å². The highest BCUT2D eigenvalue weighted by Gasteiger charge is 2.30. The summed E-state index contributed by atoms with van der Waals surface area (Å²) in [6.07, 6.45) is -0.0361. The minimum Gasteiger partial charge on any atom is -0.263 e. The molecule has 1 aliphatic carbocycles. The van der Waals surface area contributed by atoms with Gasteiger partial charge in [0.2, 0.25) is 0 Å². The summed E-state index contributed by atoms with van der Waals surface area (Å²) in [5, 5.41) is 0. The smallest absolute Gasteiger partial charge is 0.263 e. The molecule has 0 saturated heterocycles. The Morgan fingerprint density at radius 1 is 1.00 bits per heavy atom. The highest BCUT2D eigenvalue weighted by molar-refractivity contribution is 7.92. The van der Waals surface area contributed by atoms with Crippen LogP contribution in [0.15, 0.2) is 41.4 Å². The normalized spacial score (nSPS) is 15.0. The van der Waals surface area contributed by atoms with Crippen molar-refractivity contribution in [1.82, 2.24) is 4.98 Å². The number of rotatable bonds is 3. The Kier molecular flexibility index (Phi) is 4.25. The van der Waals surface area contributed by atoms with Crippen LogP contribution in [0.5, 0.6) is 0 Å². The minimum absolute atomic E-state index is 0.0878. The molecule has 4 nitrogen and oxygen atoms in total. The Bertz CT molecular complexity index is 847. The lowest BCUT2D eigenvalue weighted by molar-refractivity contribution is -0.137. The van der Waals surface area contributed by atoms with Crippen LogP contribution < -0.4 is 4.72 Å². The second kappa shape index (κ2) is 6.08. The van der Waals surface area contributed by atoms with Crippen molar-refractivity contribution < 1.29 is 21.6 Å². The maximum Gasteiger partial charge on any atom is 0.417 e. The fourth-order valence-electron chi connectivity index (χ4n) is 2.70. The number of aromatic nitrogens is 1. The number of sulfonamides is 1. The van der Waals surface area contributed by atoms with Gasteiger partial charge < -0.3 is 0 Å². The molecule has 0 unspecified atom stereocenters. The third-order valence-electron chi connectivity index (χ3n) is 3.96. The first kappa shape index (κ1) is 16.8. The molecule has 0 fully saturated rings. The summed E-state index contributed by atoms with van der Waals surface area (Å²) >= 11 is 0. The van der Waals surface area contributed by atoms with Crippen molar-refractivity contribution in [3.8, 4) is 0 Å². The van der Waals surface area contributed by atoms with E-state index >= 15 is 0 Å². The molecule has 1 aliphatic rings. The van der Waals surface area contributed by atoms with Gasteiger partial charge in [0.1, 0.15) is 5.82 Å². The lowest BCUT2D eigenvalue weighted by Gasteiger charge is -2.17.